The normalized spacial score (nSPS) is 20.8. The highest BCUT2D eigenvalue weighted by atomic mass is 16.2. The lowest BCUT2D eigenvalue weighted by Gasteiger charge is -2.30. The first-order valence-corrected chi connectivity index (χ1v) is 12.1. The average molecular weight is 450 g/mol. The summed E-state index contributed by atoms with van der Waals surface area (Å²) in [6.07, 6.45) is 10.9. The third-order valence-corrected chi connectivity index (χ3v) is 7.45. The molecule has 5 rings (SSSR count). The smallest absolute Gasteiger partial charge is 0.256 e. The van der Waals surface area contributed by atoms with Gasteiger partial charge in [-0.25, -0.2) is 4.98 Å². The number of nitrogens with one attached hydrogen (secondary N) is 1. The molecule has 2 aromatic rings. The zero-order chi connectivity index (χ0) is 22.9. The molecule has 1 aliphatic carbocycles. The van der Waals surface area contributed by atoms with Crippen LogP contribution >= 0.6 is 0 Å². The van der Waals surface area contributed by atoms with E-state index in [4.69, 9.17) is 4.98 Å². The lowest BCUT2D eigenvalue weighted by molar-refractivity contribution is -0.133. The number of rotatable bonds is 4. The Morgan fingerprint density at radius 1 is 1.15 bits per heavy atom. The zero-order valence-corrected chi connectivity index (χ0v) is 19.2. The van der Waals surface area contributed by atoms with Gasteiger partial charge in [0, 0.05) is 43.9 Å². The van der Waals surface area contributed by atoms with Gasteiger partial charge in [0.2, 0.25) is 5.91 Å². The minimum atomic E-state index is -0.200. The predicted octanol–water partition coefficient (Wildman–Crippen LogP) is 2.92. The molecule has 2 amide bonds. The summed E-state index contributed by atoms with van der Waals surface area (Å²) >= 11 is 0. The Labute approximate surface area is 193 Å². The summed E-state index contributed by atoms with van der Waals surface area (Å²) in [5.41, 5.74) is 2.52. The summed E-state index contributed by atoms with van der Waals surface area (Å²) in [6, 6.07) is 1.56. The number of hydrogen-bond acceptors (Lipinski definition) is 5. The average Bonchev–Trinajstić information content (AvgIpc) is 3.51. The Bertz CT molecular complexity index is 1120. The van der Waals surface area contributed by atoms with Crippen molar-refractivity contribution in [1.29, 1.82) is 0 Å². The molecule has 0 spiro atoms. The fourth-order valence-electron chi connectivity index (χ4n) is 5.59. The summed E-state index contributed by atoms with van der Waals surface area (Å²) in [5.74, 6) is 1.19. The van der Waals surface area contributed by atoms with E-state index in [0.717, 1.165) is 43.5 Å². The first-order valence-electron chi connectivity index (χ1n) is 12.1. The van der Waals surface area contributed by atoms with Crippen molar-refractivity contribution in [2.45, 2.75) is 70.9 Å². The molecule has 2 aromatic heterocycles. The van der Waals surface area contributed by atoms with Crippen LogP contribution in [0.3, 0.4) is 0 Å². The Morgan fingerprint density at radius 3 is 2.76 bits per heavy atom. The van der Waals surface area contributed by atoms with Crippen molar-refractivity contribution in [3.63, 3.8) is 0 Å². The molecule has 2 aliphatic heterocycles. The van der Waals surface area contributed by atoms with Crippen LogP contribution in [0.25, 0.3) is 0 Å². The van der Waals surface area contributed by atoms with Crippen LogP contribution in [0, 0.1) is 12.8 Å². The second kappa shape index (κ2) is 9.08. The molecule has 33 heavy (non-hydrogen) atoms. The minimum Gasteiger partial charge on any atom is -0.334 e. The van der Waals surface area contributed by atoms with Gasteiger partial charge in [-0.2, -0.15) is 0 Å². The maximum absolute atomic E-state index is 13.0. The topological polar surface area (TPSA) is 99.3 Å². The lowest BCUT2D eigenvalue weighted by Crippen LogP contribution is -2.41. The van der Waals surface area contributed by atoms with Crippen LogP contribution in [0.4, 0.5) is 0 Å². The van der Waals surface area contributed by atoms with E-state index in [9.17, 15) is 14.4 Å². The third kappa shape index (κ3) is 4.30. The number of aromatic amines is 1. The van der Waals surface area contributed by atoms with E-state index in [-0.39, 0.29) is 30.0 Å². The lowest BCUT2D eigenvalue weighted by atomic mass is 10.0. The van der Waals surface area contributed by atoms with E-state index in [1.54, 1.807) is 23.4 Å². The molecule has 0 aromatic carbocycles. The van der Waals surface area contributed by atoms with Gasteiger partial charge in [0.25, 0.3) is 11.5 Å². The van der Waals surface area contributed by atoms with Crippen molar-refractivity contribution >= 4 is 11.8 Å². The number of likely N-dealkylation sites (tertiary alicyclic amines) is 1. The number of aryl methyl sites for hydroxylation is 1. The Kier molecular flexibility index (Phi) is 6.00. The number of pyridine rings is 1. The molecular weight excluding hydrogens is 418 g/mol. The zero-order valence-electron chi connectivity index (χ0n) is 19.2. The molecular formula is C25H31N5O3. The summed E-state index contributed by atoms with van der Waals surface area (Å²) in [7, 11) is 0. The summed E-state index contributed by atoms with van der Waals surface area (Å²) in [5, 5.41) is 0. The van der Waals surface area contributed by atoms with Gasteiger partial charge in [-0.3, -0.25) is 19.4 Å². The van der Waals surface area contributed by atoms with Crippen molar-refractivity contribution in [2.75, 3.05) is 13.1 Å². The van der Waals surface area contributed by atoms with E-state index in [2.05, 4.69) is 9.97 Å². The van der Waals surface area contributed by atoms with E-state index < -0.39 is 0 Å². The molecule has 1 saturated heterocycles. The molecule has 2 fully saturated rings. The van der Waals surface area contributed by atoms with Crippen molar-refractivity contribution < 1.29 is 9.59 Å². The van der Waals surface area contributed by atoms with Gasteiger partial charge in [0.1, 0.15) is 5.82 Å². The quantitative estimate of drug-likeness (QED) is 0.774. The molecule has 1 saturated carbocycles. The SMILES string of the molecule is Cc1cnccc1C(=O)N1CCc2nc([C@@H]3CCCN3C(=O)CC3CCCC3)[nH]c(=O)c2C1. The van der Waals surface area contributed by atoms with E-state index in [1.807, 2.05) is 11.8 Å². The van der Waals surface area contributed by atoms with Gasteiger partial charge in [-0.15, -0.1) is 0 Å². The number of hydrogen-bond donors (Lipinski definition) is 1. The molecule has 0 unspecified atom stereocenters. The third-order valence-electron chi connectivity index (χ3n) is 7.45. The first-order chi connectivity index (χ1) is 16.0. The molecule has 1 atom stereocenters. The summed E-state index contributed by atoms with van der Waals surface area (Å²) in [4.78, 5) is 54.5. The molecule has 3 aliphatic rings. The number of amides is 2. The van der Waals surface area contributed by atoms with Crippen LogP contribution in [0.1, 0.15) is 84.0 Å². The van der Waals surface area contributed by atoms with E-state index in [1.165, 1.54) is 12.8 Å². The molecule has 8 nitrogen and oxygen atoms in total. The Hall–Kier alpha value is -3.03. The van der Waals surface area contributed by atoms with Crippen molar-refractivity contribution in [1.82, 2.24) is 24.8 Å². The summed E-state index contributed by atoms with van der Waals surface area (Å²) < 4.78 is 0. The van der Waals surface area contributed by atoms with Gasteiger partial charge in [0.05, 0.1) is 23.8 Å². The molecule has 174 valence electrons. The molecule has 0 radical (unpaired) electrons. The second-order valence-electron chi connectivity index (χ2n) is 9.64. The van der Waals surface area contributed by atoms with Crippen LogP contribution in [0.5, 0.6) is 0 Å². The van der Waals surface area contributed by atoms with Crippen LogP contribution < -0.4 is 5.56 Å². The number of H-pyrrole nitrogens is 1. The summed E-state index contributed by atoms with van der Waals surface area (Å²) in [6.45, 7) is 3.34. The van der Waals surface area contributed by atoms with Gasteiger partial charge in [-0.05, 0) is 50.2 Å². The predicted molar refractivity (Wildman–Crippen MR) is 123 cm³/mol. The minimum absolute atomic E-state index is 0.0940. The number of nitrogens with zero attached hydrogens (tertiary/aromatic N) is 4. The van der Waals surface area contributed by atoms with Crippen molar-refractivity contribution in [2.24, 2.45) is 5.92 Å². The van der Waals surface area contributed by atoms with Gasteiger partial charge in [0.15, 0.2) is 0 Å². The van der Waals surface area contributed by atoms with Crippen LogP contribution in [0.2, 0.25) is 0 Å². The van der Waals surface area contributed by atoms with Crippen LogP contribution in [-0.2, 0) is 17.8 Å². The molecule has 4 heterocycles. The standard InChI is InChI=1S/C25H31N5O3/c1-16-14-26-10-8-18(16)25(33)29-12-9-20-19(15-29)24(32)28-23(27-20)21-7-4-11-30(21)22(31)13-17-5-2-3-6-17/h8,10,14,17,21H,2-7,9,11-13,15H2,1H3,(H,27,28,32)/t21-/m0/s1. The Balaban J connectivity index is 1.34. The first kappa shape index (κ1) is 21.8. The van der Waals surface area contributed by atoms with E-state index in [0.29, 0.717) is 42.3 Å². The second-order valence-corrected chi connectivity index (χ2v) is 9.64. The van der Waals surface area contributed by atoms with E-state index >= 15 is 0 Å². The maximum Gasteiger partial charge on any atom is 0.256 e. The fourth-order valence-corrected chi connectivity index (χ4v) is 5.59. The fraction of sp³-hybridized carbons (Fsp3) is 0.560. The molecule has 8 heteroatoms. The monoisotopic (exact) mass is 449 g/mol. The highest BCUT2D eigenvalue weighted by molar-refractivity contribution is 5.95. The van der Waals surface area contributed by atoms with Crippen LogP contribution in [-0.4, -0.2) is 49.7 Å². The van der Waals surface area contributed by atoms with Crippen molar-refractivity contribution in [3.8, 4) is 0 Å². The largest absolute Gasteiger partial charge is 0.334 e. The van der Waals surface area contributed by atoms with Crippen LogP contribution in [0.15, 0.2) is 23.3 Å². The number of carbonyl (C=O) groups is 2. The number of fused-ring (bicyclic) bond motifs is 1. The van der Waals surface area contributed by atoms with Crippen molar-refractivity contribution in [3.05, 3.63) is 57.0 Å². The highest BCUT2D eigenvalue weighted by Gasteiger charge is 2.34. The van der Waals surface area contributed by atoms with Gasteiger partial charge in [-0.1, -0.05) is 12.8 Å². The van der Waals surface area contributed by atoms with Gasteiger partial charge >= 0.3 is 0 Å². The number of carbonyl (C=O) groups excluding carboxylic acids is 2. The molecule has 1 N–H and O–H groups in total. The molecule has 0 bridgehead atoms. The highest BCUT2D eigenvalue weighted by Crippen LogP contribution is 2.34. The van der Waals surface area contributed by atoms with Gasteiger partial charge < -0.3 is 14.8 Å². The number of aromatic nitrogens is 3. The Morgan fingerprint density at radius 2 is 1.97 bits per heavy atom. The maximum atomic E-state index is 13.0.